The Kier molecular flexibility index (Phi) is 5.48. The zero-order chi connectivity index (χ0) is 19.8. The third-order valence-electron chi connectivity index (χ3n) is 4.71. The molecule has 27 heavy (non-hydrogen) atoms. The van der Waals surface area contributed by atoms with Crippen molar-refractivity contribution in [2.45, 2.75) is 38.5 Å². The van der Waals surface area contributed by atoms with Gasteiger partial charge in [0.15, 0.2) is 0 Å². The van der Waals surface area contributed by atoms with Crippen LogP contribution in [0.5, 0.6) is 0 Å². The summed E-state index contributed by atoms with van der Waals surface area (Å²) in [5.74, 6) is 1.29. The molecule has 0 saturated carbocycles. The lowest BCUT2D eigenvalue weighted by Gasteiger charge is -2.35. The fraction of sp³-hybridized carbons (Fsp3) is 0.474. The van der Waals surface area contributed by atoms with Crippen molar-refractivity contribution in [3.63, 3.8) is 0 Å². The first-order valence-corrected chi connectivity index (χ1v) is 10.5. The van der Waals surface area contributed by atoms with Crippen LogP contribution in [0.25, 0.3) is 0 Å². The van der Waals surface area contributed by atoms with Crippen LogP contribution in [0.1, 0.15) is 36.8 Å². The molecule has 1 saturated heterocycles. The summed E-state index contributed by atoms with van der Waals surface area (Å²) >= 11 is 0. The van der Waals surface area contributed by atoms with Gasteiger partial charge in [0.05, 0.1) is 4.90 Å². The third kappa shape index (κ3) is 4.11. The number of piperazine rings is 1. The molecule has 3 rings (SSSR count). The predicted molar refractivity (Wildman–Crippen MR) is 103 cm³/mol. The molecule has 1 aliphatic rings. The SMILES string of the molecule is Cc1cc(N2CCN(S(=O)(=O)c3cc(F)ccc3C)CC2)nc(C(C)C)n1. The number of rotatable bonds is 4. The fourth-order valence-corrected chi connectivity index (χ4v) is 4.80. The molecule has 2 heterocycles. The zero-order valence-corrected chi connectivity index (χ0v) is 16.9. The molecule has 1 aliphatic heterocycles. The van der Waals surface area contributed by atoms with Crippen LogP contribution in [0.3, 0.4) is 0 Å². The van der Waals surface area contributed by atoms with Crippen molar-refractivity contribution in [1.82, 2.24) is 14.3 Å². The molecule has 0 amide bonds. The number of sulfonamides is 1. The second-order valence-corrected chi connectivity index (χ2v) is 9.09. The first kappa shape index (κ1) is 19.7. The lowest BCUT2D eigenvalue weighted by Crippen LogP contribution is -2.49. The Bertz CT molecular complexity index is 939. The summed E-state index contributed by atoms with van der Waals surface area (Å²) in [5, 5.41) is 0. The average Bonchev–Trinajstić information content (AvgIpc) is 2.63. The van der Waals surface area contributed by atoms with E-state index in [4.69, 9.17) is 0 Å². The first-order valence-electron chi connectivity index (χ1n) is 9.05. The Morgan fingerprint density at radius 3 is 2.33 bits per heavy atom. The molecule has 0 atom stereocenters. The molecule has 0 aliphatic carbocycles. The van der Waals surface area contributed by atoms with Gasteiger partial charge in [-0.05, 0) is 31.5 Å². The summed E-state index contributed by atoms with van der Waals surface area (Å²) in [6, 6.07) is 5.79. The molecule has 2 aromatic rings. The number of hydrogen-bond acceptors (Lipinski definition) is 5. The van der Waals surface area contributed by atoms with E-state index >= 15 is 0 Å². The van der Waals surface area contributed by atoms with Gasteiger partial charge in [-0.1, -0.05) is 19.9 Å². The smallest absolute Gasteiger partial charge is 0.243 e. The van der Waals surface area contributed by atoms with Crippen molar-refractivity contribution in [1.29, 1.82) is 0 Å². The number of aromatic nitrogens is 2. The molecule has 0 spiro atoms. The Balaban J connectivity index is 1.78. The Hall–Kier alpha value is -2.06. The number of nitrogens with zero attached hydrogens (tertiary/aromatic N) is 4. The maximum Gasteiger partial charge on any atom is 0.243 e. The van der Waals surface area contributed by atoms with Crippen LogP contribution < -0.4 is 4.90 Å². The van der Waals surface area contributed by atoms with Crippen LogP contribution in [0.4, 0.5) is 10.2 Å². The van der Waals surface area contributed by atoms with Gasteiger partial charge in [0, 0.05) is 43.9 Å². The van der Waals surface area contributed by atoms with E-state index < -0.39 is 15.8 Å². The highest BCUT2D eigenvalue weighted by Crippen LogP contribution is 2.24. The van der Waals surface area contributed by atoms with E-state index in [2.05, 4.69) is 14.9 Å². The van der Waals surface area contributed by atoms with Crippen molar-refractivity contribution in [3.05, 3.63) is 47.2 Å². The van der Waals surface area contributed by atoms with Gasteiger partial charge in [-0.15, -0.1) is 0 Å². The highest BCUT2D eigenvalue weighted by atomic mass is 32.2. The number of halogens is 1. The molecular weight excluding hydrogens is 367 g/mol. The number of aryl methyl sites for hydroxylation is 2. The fourth-order valence-electron chi connectivity index (χ4n) is 3.14. The van der Waals surface area contributed by atoms with Gasteiger partial charge in [-0.25, -0.2) is 22.8 Å². The number of anilines is 1. The van der Waals surface area contributed by atoms with Crippen molar-refractivity contribution >= 4 is 15.8 Å². The minimum Gasteiger partial charge on any atom is -0.354 e. The lowest BCUT2D eigenvalue weighted by molar-refractivity contribution is 0.383. The Labute approximate surface area is 160 Å². The van der Waals surface area contributed by atoms with Crippen molar-refractivity contribution in [2.24, 2.45) is 0 Å². The van der Waals surface area contributed by atoms with Crippen LogP contribution in [0, 0.1) is 19.7 Å². The topological polar surface area (TPSA) is 66.4 Å². The van der Waals surface area contributed by atoms with Gasteiger partial charge in [0.25, 0.3) is 0 Å². The summed E-state index contributed by atoms with van der Waals surface area (Å²) in [5.41, 5.74) is 1.45. The van der Waals surface area contributed by atoms with Crippen LogP contribution in [-0.2, 0) is 10.0 Å². The zero-order valence-electron chi connectivity index (χ0n) is 16.1. The minimum atomic E-state index is -3.72. The van der Waals surface area contributed by atoms with Crippen molar-refractivity contribution in [2.75, 3.05) is 31.1 Å². The van der Waals surface area contributed by atoms with Crippen LogP contribution in [0.15, 0.2) is 29.2 Å². The maximum absolute atomic E-state index is 13.6. The van der Waals surface area contributed by atoms with E-state index in [1.54, 1.807) is 6.92 Å². The monoisotopic (exact) mass is 392 g/mol. The maximum atomic E-state index is 13.6. The van der Waals surface area contributed by atoms with Gasteiger partial charge in [0.1, 0.15) is 17.5 Å². The van der Waals surface area contributed by atoms with Gasteiger partial charge < -0.3 is 4.90 Å². The second-order valence-electron chi connectivity index (χ2n) is 7.18. The van der Waals surface area contributed by atoms with E-state index in [1.807, 2.05) is 26.8 Å². The third-order valence-corrected chi connectivity index (χ3v) is 6.75. The van der Waals surface area contributed by atoms with Gasteiger partial charge in [-0.2, -0.15) is 4.31 Å². The van der Waals surface area contributed by atoms with Gasteiger partial charge in [-0.3, -0.25) is 0 Å². The van der Waals surface area contributed by atoms with Gasteiger partial charge in [0.2, 0.25) is 10.0 Å². The summed E-state index contributed by atoms with van der Waals surface area (Å²) in [4.78, 5) is 11.2. The molecule has 146 valence electrons. The number of hydrogen-bond donors (Lipinski definition) is 0. The molecule has 1 fully saturated rings. The molecular formula is C19H25FN4O2S. The van der Waals surface area contributed by atoms with Crippen LogP contribution >= 0.6 is 0 Å². The molecule has 0 N–H and O–H groups in total. The standard InChI is InChI=1S/C19H25FN4O2S/c1-13(2)19-21-15(4)11-18(22-19)23-7-9-24(10-8-23)27(25,26)17-12-16(20)6-5-14(17)3/h5-6,11-13H,7-10H2,1-4H3. The largest absolute Gasteiger partial charge is 0.354 e. The molecule has 0 bridgehead atoms. The molecule has 1 aromatic carbocycles. The molecule has 0 unspecified atom stereocenters. The van der Waals surface area contributed by atoms with E-state index in [-0.39, 0.29) is 10.8 Å². The van der Waals surface area contributed by atoms with E-state index in [1.165, 1.54) is 16.4 Å². The molecule has 1 aromatic heterocycles. The summed E-state index contributed by atoms with van der Waals surface area (Å²) in [6.07, 6.45) is 0. The summed E-state index contributed by atoms with van der Waals surface area (Å²) < 4.78 is 40.8. The normalized spacial score (nSPS) is 16.1. The lowest BCUT2D eigenvalue weighted by atomic mass is 10.2. The van der Waals surface area contributed by atoms with Crippen molar-refractivity contribution < 1.29 is 12.8 Å². The van der Waals surface area contributed by atoms with Crippen LogP contribution in [-0.4, -0.2) is 48.9 Å². The van der Waals surface area contributed by atoms with E-state index in [9.17, 15) is 12.8 Å². The summed E-state index contributed by atoms with van der Waals surface area (Å²) in [7, 11) is -3.72. The molecule has 8 heteroatoms. The van der Waals surface area contributed by atoms with E-state index in [0.717, 1.165) is 23.4 Å². The first-order chi connectivity index (χ1) is 12.7. The van der Waals surface area contributed by atoms with Crippen molar-refractivity contribution in [3.8, 4) is 0 Å². The Morgan fingerprint density at radius 2 is 1.70 bits per heavy atom. The highest BCUT2D eigenvalue weighted by Gasteiger charge is 2.30. The van der Waals surface area contributed by atoms with Crippen LogP contribution in [0.2, 0.25) is 0 Å². The highest BCUT2D eigenvalue weighted by molar-refractivity contribution is 7.89. The molecule has 0 radical (unpaired) electrons. The molecule has 6 nitrogen and oxygen atoms in total. The Morgan fingerprint density at radius 1 is 1.04 bits per heavy atom. The summed E-state index contributed by atoms with van der Waals surface area (Å²) in [6.45, 7) is 9.43. The average molecular weight is 393 g/mol. The predicted octanol–water partition coefficient (Wildman–Crippen LogP) is 2.87. The van der Waals surface area contributed by atoms with Gasteiger partial charge >= 0.3 is 0 Å². The second kappa shape index (κ2) is 7.52. The van der Waals surface area contributed by atoms with E-state index in [0.29, 0.717) is 31.7 Å². The minimum absolute atomic E-state index is 0.0379. The quantitative estimate of drug-likeness (QED) is 0.800. The number of benzene rings is 1.